The van der Waals surface area contributed by atoms with Gasteiger partial charge in [-0.15, -0.1) is 11.3 Å². The van der Waals surface area contributed by atoms with Gasteiger partial charge in [0, 0.05) is 17.8 Å². The fourth-order valence-electron chi connectivity index (χ4n) is 3.71. The number of amides is 1. The molecular formula is C17H26N2O2S. The molecule has 1 aliphatic heterocycles. The van der Waals surface area contributed by atoms with Crippen LogP contribution in [0, 0.1) is 5.92 Å². The van der Waals surface area contributed by atoms with E-state index in [0.29, 0.717) is 12.3 Å². The molecule has 2 fully saturated rings. The summed E-state index contributed by atoms with van der Waals surface area (Å²) in [5.74, 6) is 1.57. The number of aliphatic hydroxyl groups is 1. The number of carbonyl (C=O) groups is 1. The van der Waals surface area contributed by atoms with Crippen molar-refractivity contribution in [2.75, 3.05) is 13.2 Å². The molecule has 122 valence electrons. The summed E-state index contributed by atoms with van der Waals surface area (Å²) in [5, 5.41) is 12.6. The molecule has 0 radical (unpaired) electrons. The molecule has 2 aliphatic rings. The standard InChI is InChI=1S/C17H26N2O2S/c1-12-4-6-13(7-5-12)17-18-14(11-22-17)9-16(21)19-8-2-3-15(19)10-20/h11-13,15,20H,2-10H2,1H3/t12?,13?,15-/m0/s1. The number of likely N-dealkylation sites (tertiary alicyclic amines) is 1. The number of aromatic nitrogens is 1. The van der Waals surface area contributed by atoms with Crippen molar-refractivity contribution in [3.8, 4) is 0 Å². The number of aliphatic hydroxyl groups excluding tert-OH is 1. The van der Waals surface area contributed by atoms with E-state index >= 15 is 0 Å². The number of rotatable bonds is 4. The Morgan fingerprint density at radius 2 is 2.14 bits per heavy atom. The summed E-state index contributed by atoms with van der Waals surface area (Å²) in [6.07, 6.45) is 7.37. The minimum atomic E-state index is 0.0189. The minimum Gasteiger partial charge on any atom is -0.394 e. The Morgan fingerprint density at radius 1 is 1.36 bits per heavy atom. The molecule has 5 heteroatoms. The van der Waals surface area contributed by atoms with Gasteiger partial charge in [-0.25, -0.2) is 4.98 Å². The normalized spacial score (nSPS) is 29.0. The van der Waals surface area contributed by atoms with Crippen LogP contribution >= 0.6 is 11.3 Å². The maximum atomic E-state index is 12.4. The summed E-state index contributed by atoms with van der Waals surface area (Å²) >= 11 is 1.72. The lowest BCUT2D eigenvalue weighted by molar-refractivity contribution is -0.132. The highest BCUT2D eigenvalue weighted by atomic mass is 32.1. The van der Waals surface area contributed by atoms with Crippen LogP contribution in [0.15, 0.2) is 5.38 Å². The Balaban J connectivity index is 1.58. The van der Waals surface area contributed by atoms with Gasteiger partial charge >= 0.3 is 0 Å². The van der Waals surface area contributed by atoms with Crippen LogP contribution < -0.4 is 0 Å². The van der Waals surface area contributed by atoms with E-state index in [1.807, 2.05) is 4.90 Å². The molecule has 0 spiro atoms. The molecule has 0 unspecified atom stereocenters. The van der Waals surface area contributed by atoms with Gasteiger partial charge in [0.05, 0.1) is 29.8 Å². The van der Waals surface area contributed by atoms with Crippen LogP contribution in [0.3, 0.4) is 0 Å². The van der Waals surface area contributed by atoms with Crippen molar-refractivity contribution in [1.82, 2.24) is 9.88 Å². The highest BCUT2D eigenvalue weighted by Gasteiger charge is 2.28. The summed E-state index contributed by atoms with van der Waals surface area (Å²) in [5.41, 5.74) is 0.909. The minimum absolute atomic E-state index is 0.0189. The molecule has 0 bridgehead atoms. The highest BCUT2D eigenvalue weighted by Crippen LogP contribution is 2.36. The first kappa shape index (κ1) is 15.9. The topological polar surface area (TPSA) is 53.4 Å². The predicted octanol–water partition coefficient (Wildman–Crippen LogP) is 2.96. The number of carbonyl (C=O) groups excluding carboxylic acids is 1. The Morgan fingerprint density at radius 3 is 2.86 bits per heavy atom. The van der Waals surface area contributed by atoms with Crippen molar-refractivity contribution in [3.05, 3.63) is 16.1 Å². The molecule has 1 N–H and O–H groups in total. The van der Waals surface area contributed by atoms with E-state index in [4.69, 9.17) is 4.98 Å². The third-order valence-electron chi connectivity index (χ3n) is 5.18. The molecule has 1 amide bonds. The number of nitrogens with zero attached hydrogens (tertiary/aromatic N) is 2. The van der Waals surface area contributed by atoms with Crippen molar-refractivity contribution >= 4 is 17.2 Å². The molecule has 1 saturated carbocycles. The van der Waals surface area contributed by atoms with Crippen molar-refractivity contribution in [2.45, 2.75) is 63.8 Å². The van der Waals surface area contributed by atoms with Crippen LogP contribution in [-0.4, -0.2) is 40.1 Å². The van der Waals surface area contributed by atoms with E-state index in [2.05, 4.69) is 12.3 Å². The largest absolute Gasteiger partial charge is 0.394 e. The fourth-order valence-corrected chi connectivity index (χ4v) is 4.70. The van der Waals surface area contributed by atoms with Gasteiger partial charge < -0.3 is 10.0 Å². The molecule has 3 rings (SSSR count). The smallest absolute Gasteiger partial charge is 0.228 e. The lowest BCUT2D eigenvalue weighted by Gasteiger charge is -2.24. The van der Waals surface area contributed by atoms with Gasteiger partial charge in [0.2, 0.25) is 5.91 Å². The van der Waals surface area contributed by atoms with Crippen LogP contribution in [0.4, 0.5) is 0 Å². The van der Waals surface area contributed by atoms with Gasteiger partial charge in [-0.1, -0.05) is 19.8 Å². The van der Waals surface area contributed by atoms with Gasteiger partial charge in [0.1, 0.15) is 0 Å². The van der Waals surface area contributed by atoms with Gasteiger partial charge in [0.25, 0.3) is 0 Å². The fraction of sp³-hybridized carbons (Fsp3) is 0.765. The Labute approximate surface area is 136 Å². The molecular weight excluding hydrogens is 296 g/mol. The zero-order valence-electron chi connectivity index (χ0n) is 13.3. The second-order valence-corrected chi connectivity index (χ2v) is 7.77. The number of hydrogen-bond acceptors (Lipinski definition) is 4. The Hall–Kier alpha value is -0.940. The first-order valence-corrected chi connectivity index (χ1v) is 9.40. The second kappa shape index (κ2) is 7.09. The van der Waals surface area contributed by atoms with Crippen LogP contribution in [0.2, 0.25) is 0 Å². The van der Waals surface area contributed by atoms with Crippen LogP contribution in [0.1, 0.15) is 62.1 Å². The predicted molar refractivity (Wildman–Crippen MR) is 88.0 cm³/mol. The Kier molecular flexibility index (Phi) is 5.14. The van der Waals surface area contributed by atoms with Crippen molar-refractivity contribution in [3.63, 3.8) is 0 Å². The third kappa shape index (κ3) is 3.51. The van der Waals surface area contributed by atoms with Crippen LogP contribution in [0.25, 0.3) is 0 Å². The summed E-state index contributed by atoms with van der Waals surface area (Å²) in [6.45, 7) is 3.19. The average Bonchev–Trinajstić information content (AvgIpc) is 3.16. The summed E-state index contributed by atoms with van der Waals surface area (Å²) in [7, 11) is 0. The maximum Gasteiger partial charge on any atom is 0.228 e. The van der Waals surface area contributed by atoms with E-state index < -0.39 is 0 Å². The molecule has 1 atom stereocenters. The third-order valence-corrected chi connectivity index (χ3v) is 6.23. The lowest BCUT2D eigenvalue weighted by Crippen LogP contribution is -2.38. The zero-order chi connectivity index (χ0) is 15.5. The summed E-state index contributed by atoms with van der Waals surface area (Å²) < 4.78 is 0. The van der Waals surface area contributed by atoms with E-state index in [-0.39, 0.29) is 18.6 Å². The van der Waals surface area contributed by atoms with Crippen LogP contribution in [-0.2, 0) is 11.2 Å². The zero-order valence-corrected chi connectivity index (χ0v) is 14.1. The quantitative estimate of drug-likeness (QED) is 0.927. The Bertz CT molecular complexity index is 509. The monoisotopic (exact) mass is 322 g/mol. The second-order valence-electron chi connectivity index (χ2n) is 6.88. The molecule has 1 aromatic heterocycles. The average molecular weight is 322 g/mol. The van der Waals surface area contributed by atoms with Gasteiger partial charge in [-0.2, -0.15) is 0 Å². The molecule has 1 aliphatic carbocycles. The molecule has 4 nitrogen and oxygen atoms in total. The van der Waals surface area contributed by atoms with E-state index in [1.54, 1.807) is 11.3 Å². The first-order valence-electron chi connectivity index (χ1n) is 8.52. The SMILES string of the molecule is CC1CCC(c2nc(CC(=O)N3CCC[C@H]3CO)cs2)CC1. The maximum absolute atomic E-state index is 12.4. The molecule has 2 heterocycles. The first-order chi connectivity index (χ1) is 10.7. The number of hydrogen-bond donors (Lipinski definition) is 1. The van der Waals surface area contributed by atoms with Crippen molar-refractivity contribution < 1.29 is 9.90 Å². The van der Waals surface area contributed by atoms with E-state index in [1.165, 1.54) is 30.7 Å². The van der Waals surface area contributed by atoms with Crippen LogP contribution in [0.5, 0.6) is 0 Å². The van der Waals surface area contributed by atoms with Crippen molar-refractivity contribution in [1.29, 1.82) is 0 Å². The highest BCUT2D eigenvalue weighted by molar-refractivity contribution is 7.09. The molecule has 1 aromatic rings. The summed E-state index contributed by atoms with van der Waals surface area (Å²) in [6, 6.07) is 0.0189. The molecule has 1 saturated heterocycles. The van der Waals surface area contributed by atoms with Crippen molar-refractivity contribution in [2.24, 2.45) is 5.92 Å². The van der Waals surface area contributed by atoms with E-state index in [9.17, 15) is 9.90 Å². The molecule has 22 heavy (non-hydrogen) atoms. The summed E-state index contributed by atoms with van der Waals surface area (Å²) in [4.78, 5) is 19.0. The van der Waals surface area contributed by atoms with E-state index in [0.717, 1.165) is 31.0 Å². The van der Waals surface area contributed by atoms with Gasteiger partial charge in [-0.05, 0) is 31.6 Å². The molecule has 0 aromatic carbocycles. The number of thiazole rings is 1. The lowest BCUT2D eigenvalue weighted by atomic mass is 9.83. The van der Waals surface area contributed by atoms with Gasteiger partial charge in [0.15, 0.2) is 0 Å². The van der Waals surface area contributed by atoms with Gasteiger partial charge in [-0.3, -0.25) is 4.79 Å².